The first-order chi connectivity index (χ1) is 7.95. The first kappa shape index (κ1) is 14.3. The third-order valence-electron chi connectivity index (χ3n) is 2.15. The summed E-state index contributed by atoms with van der Waals surface area (Å²) < 4.78 is 25.7. The fourth-order valence-electron chi connectivity index (χ4n) is 1.09. The lowest BCUT2D eigenvalue weighted by molar-refractivity contribution is 0.162. The van der Waals surface area contributed by atoms with E-state index in [0.29, 0.717) is 12.8 Å². The standard InChI is InChI=1S/C9H14ClN3O3S/c1-2-7(14)3-4-13-17(15,16)8-5-11-9(10)12-6-8/h5-7,13-14H,2-4H2,1H3. The number of nitrogens with zero attached hydrogens (tertiary/aromatic N) is 2. The van der Waals surface area contributed by atoms with Gasteiger partial charge in [-0.05, 0) is 24.4 Å². The van der Waals surface area contributed by atoms with Crippen LogP contribution in [0.3, 0.4) is 0 Å². The van der Waals surface area contributed by atoms with Crippen LogP contribution in [0.25, 0.3) is 0 Å². The number of hydrogen-bond donors (Lipinski definition) is 2. The maximum Gasteiger partial charge on any atom is 0.243 e. The summed E-state index contributed by atoms with van der Waals surface area (Å²) in [5.41, 5.74) is 0. The second kappa shape index (κ2) is 6.25. The fraction of sp³-hybridized carbons (Fsp3) is 0.556. The molecule has 0 fully saturated rings. The van der Waals surface area contributed by atoms with Crippen molar-refractivity contribution in [2.45, 2.75) is 30.8 Å². The first-order valence-electron chi connectivity index (χ1n) is 5.11. The largest absolute Gasteiger partial charge is 0.393 e. The smallest absolute Gasteiger partial charge is 0.243 e. The van der Waals surface area contributed by atoms with E-state index in [0.717, 1.165) is 12.4 Å². The maximum absolute atomic E-state index is 11.7. The average Bonchev–Trinajstić information content (AvgIpc) is 2.29. The molecule has 8 heteroatoms. The van der Waals surface area contributed by atoms with E-state index in [1.807, 2.05) is 6.92 Å². The number of nitrogens with one attached hydrogen (secondary N) is 1. The van der Waals surface area contributed by atoms with Crippen LogP contribution in [0.5, 0.6) is 0 Å². The van der Waals surface area contributed by atoms with Gasteiger partial charge >= 0.3 is 0 Å². The summed E-state index contributed by atoms with van der Waals surface area (Å²) in [7, 11) is -3.63. The van der Waals surface area contributed by atoms with Crippen LogP contribution in [-0.2, 0) is 10.0 Å². The second-order valence-corrected chi connectivity index (χ2v) is 5.54. The molecule has 2 N–H and O–H groups in total. The lowest BCUT2D eigenvalue weighted by Crippen LogP contribution is -2.27. The number of sulfonamides is 1. The fourth-order valence-corrected chi connectivity index (χ4v) is 2.12. The van der Waals surface area contributed by atoms with E-state index >= 15 is 0 Å². The Morgan fingerprint density at radius 1 is 1.47 bits per heavy atom. The number of rotatable bonds is 6. The topological polar surface area (TPSA) is 92.2 Å². The Morgan fingerprint density at radius 3 is 2.59 bits per heavy atom. The minimum absolute atomic E-state index is 0.00893. The minimum atomic E-state index is -3.63. The average molecular weight is 280 g/mol. The number of aromatic nitrogens is 2. The molecule has 6 nitrogen and oxygen atoms in total. The molecule has 0 amide bonds. The van der Waals surface area contributed by atoms with E-state index in [1.165, 1.54) is 0 Å². The van der Waals surface area contributed by atoms with Crippen LogP contribution in [0.15, 0.2) is 17.3 Å². The summed E-state index contributed by atoms with van der Waals surface area (Å²) in [4.78, 5) is 7.13. The predicted octanol–water partition coefficient (Wildman–Crippen LogP) is 0.569. The van der Waals surface area contributed by atoms with Crippen molar-refractivity contribution in [3.8, 4) is 0 Å². The Kier molecular flexibility index (Phi) is 5.26. The summed E-state index contributed by atoms with van der Waals surface area (Å²) in [6, 6.07) is 0. The highest BCUT2D eigenvalue weighted by molar-refractivity contribution is 7.89. The Labute approximate surface area is 105 Å². The molecule has 1 aromatic rings. The molecule has 17 heavy (non-hydrogen) atoms. The SMILES string of the molecule is CCC(O)CCNS(=O)(=O)c1cnc(Cl)nc1. The highest BCUT2D eigenvalue weighted by Gasteiger charge is 2.15. The van der Waals surface area contributed by atoms with E-state index in [4.69, 9.17) is 11.6 Å². The van der Waals surface area contributed by atoms with Crippen molar-refractivity contribution in [1.82, 2.24) is 14.7 Å². The molecule has 0 aliphatic rings. The van der Waals surface area contributed by atoms with Crippen molar-refractivity contribution in [3.05, 3.63) is 17.7 Å². The summed E-state index contributed by atoms with van der Waals surface area (Å²) >= 11 is 5.46. The van der Waals surface area contributed by atoms with Gasteiger partial charge in [0, 0.05) is 6.54 Å². The van der Waals surface area contributed by atoms with Crippen LogP contribution in [0.1, 0.15) is 19.8 Å². The predicted molar refractivity (Wildman–Crippen MR) is 63.1 cm³/mol. The molecular formula is C9H14ClN3O3S. The number of aliphatic hydroxyl groups is 1. The molecule has 1 aromatic heterocycles. The monoisotopic (exact) mass is 279 g/mol. The van der Waals surface area contributed by atoms with E-state index < -0.39 is 16.1 Å². The van der Waals surface area contributed by atoms with Gasteiger partial charge in [0.2, 0.25) is 15.3 Å². The van der Waals surface area contributed by atoms with Gasteiger partial charge < -0.3 is 5.11 Å². The Hall–Kier alpha value is -0.760. The highest BCUT2D eigenvalue weighted by atomic mass is 35.5. The third-order valence-corrected chi connectivity index (χ3v) is 3.76. The van der Waals surface area contributed by atoms with Gasteiger partial charge in [0.15, 0.2) is 0 Å². The molecule has 0 aliphatic heterocycles. The van der Waals surface area contributed by atoms with Crippen LogP contribution < -0.4 is 4.72 Å². The Bertz CT molecular complexity index is 449. The van der Waals surface area contributed by atoms with Crippen molar-refractivity contribution in [2.75, 3.05) is 6.54 Å². The number of hydrogen-bond acceptors (Lipinski definition) is 5. The highest BCUT2D eigenvalue weighted by Crippen LogP contribution is 2.07. The van der Waals surface area contributed by atoms with E-state index in [1.54, 1.807) is 0 Å². The summed E-state index contributed by atoms with van der Waals surface area (Å²) in [5.74, 6) is 0. The molecule has 1 heterocycles. The van der Waals surface area contributed by atoms with Crippen molar-refractivity contribution < 1.29 is 13.5 Å². The van der Waals surface area contributed by atoms with Crippen LogP contribution >= 0.6 is 11.6 Å². The Morgan fingerprint density at radius 2 is 2.06 bits per heavy atom. The van der Waals surface area contributed by atoms with Gasteiger partial charge in [-0.15, -0.1) is 0 Å². The normalized spacial score (nSPS) is 13.6. The third kappa shape index (κ3) is 4.55. The lowest BCUT2D eigenvalue weighted by Gasteiger charge is -2.09. The van der Waals surface area contributed by atoms with E-state index in [-0.39, 0.29) is 16.7 Å². The first-order valence-corrected chi connectivity index (χ1v) is 6.97. The molecule has 1 unspecified atom stereocenters. The molecule has 0 saturated heterocycles. The van der Waals surface area contributed by atoms with Crippen LogP contribution in [-0.4, -0.2) is 36.1 Å². The Balaban J connectivity index is 2.60. The quantitative estimate of drug-likeness (QED) is 0.743. The maximum atomic E-state index is 11.7. The zero-order chi connectivity index (χ0) is 12.9. The van der Waals surface area contributed by atoms with Gasteiger partial charge in [-0.2, -0.15) is 0 Å². The van der Waals surface area contributed by atoms with Crippen LogP contribution in [0.2, 0.25) is 5.28 Å². The number of halogens is 1. The van der Waals surface area contributed by atoms with Crippen molar-refractivity contribution in [1.29, 1.82) is 0 Å². The molecule has 0 spiro atoms. The van der Waals surface area contributed by atoms with Crippen LogP contribution in [0.4, 0.5) is 0 Å². The number of aliphatic hydroxyl groups excluding tert-OH is 1. The molecule has 0 saturated carbocycles. The second-order valence-electron chi connectivity index (χ2n) is 3.44. The molecule has 0 aromatic carbocycles. The van der Waals surface area contributed by atoms with Gasteiger partial charge in [0.05, 0.1) is 18.5 Å². The van der Waals surface area contributed by atoms with Gasteiger partial charge in [-0.1, -0.05) is 6.92 Å². The van der Waals surface area contributed by atoms with E-state index in [2.05, 4.69) is 14.7 Å². The summed E-state index contributed by atoms with van der Waals surface area (Å²) in [6.45, 7) is 1.99. The molecule has 0 bridgehead atoms. The van der Waals surface area contributed by atoms with Gasteiger partial charge in [0.25, 0.3) is 0 Å². The van der Waals surface area contributed by atoms with Gasteiger partial charge in [0.1, 0.15) is 4.90 Å². The van der Waals surface area contributed by atoms with Gasteiger partial charge in [-0.3, -0.25) is 0 Å². The van der Waals surface area contributed by atoms with Crippen molar-refractivity contribution in [3.63, 3.8) is 0 Å². The minimum Gasteiger partial charge on any atom is -0.393 e. The summed E-state index contributed by atoms with van der Waals surface area (Å²) in [6.07, 6.45) is 2.72. The molecule has 1 rings (SSSR count). The van der Waals surface area contributed by atoms with Gasteiger partial charge in [-0.25, -0.2) is 23.1 Å². The zero-order valence-corrected chi connectivity index (χ0v) is 10.9. The molecule has 96 valence electrons. The lowest BCUT2D eigenvalue weighted by atomic mass is 10.2. The zero-order valence-electron chi connectivity index (χ0n) is 9.30. The molecular weight excluding hydrogens is 266 g/mol. The molecule has 0 radical (unpaired) electrons. The van der Waals surface area contributed by atoms with Crippen molar-refractivity contribution in [2.24, 2.45) is 0 Å². The summed E-state index contributed by atoms with van der Waals surface area (Å²) in [5, 5.41) is 9.28. The van der Waals surface area contributed by atoms with E-state index in [9.17, 15) is 13.5 Å². The molecule has 0 aliphatic carbocycles. The molecule has 1 atom stereocenters. The van der Waals surface area contributed by atoms with Crippen LogP contribution in [0, 0.1) is 0 Å². The van der Waals surface area contributed by atoms with Crippen molar-refractivity contribution >= 4 is 21.6 Å².